The Labute approximate surface area is 120 Å². The van der Waals surface area contributed by atoms with E-state index in [0.717, 1.165) is 17.9 Å². The number of hydrogen-bond donors (Lipinski definition) is 1. The Kier molecular flexibility index (Phi) is 3.75. The van der Waals surface area contributed by atoms with Gasteiger partial charge in [-0.25, -0.2) is 0 Å². The van der Waals surface area contributed by atoms with Crippen LogP contribution in [0, 0.1) is 0 Å². The van der Waals surface area contributed by atoms with Crippen molar-refractivity contribution >= 4 is 0 Å². The van der Waals surface area contributed by atoms with Crippen molar-refractivity contribution in [3.8, 4) is 11.5 Å². The summed E-state index contributed by atoms with van der Waals surface area (Å²) in [5, 5.41) is 0. The molecule has 0 amide bonds. The molecule has 0 spiro atoms. The van der Waals surface area contributed by atoms with Crippen LogP contribution in [-0.4, -0.2) is 6.04 Å². The van der Waals surface area contributed by atoms with Gasteiger partial charge in [0.15, 0.2) is 0 Å². The van der Waals surface area contributed by atoms with Crippen molar-refractivity contribution in [3.63, 3.8) is 0 Å². The van der Waals surface area contributed by atoms with Gasteiger partial charge in [0.05, 0.1) is 0 Å². The highest BCUT2D eigenvalue weighted by Crippen LogP contribution is 2.29. The van der Waals surface area contributed by atoms with E-state index < -0.39 is 0 Å². The average Bonchev–Trinajstić information content (AvgIpc) is 2.88. The van der Waals surface area contributed by atoms with Crippen LogP contribution in [0.1, 0.15) is 30.0 Å². The second kappa shape index (κ2) is 5.68. The molecule has 0 aromatic heterocycles. The number of fused-ring (bicyclic) bond motifs is 1. The van der Waals surface area contributed by atoms with Crippen molar-refractivity contribution < 1.29 is 4.74 Å². The van der Waals surface area contributed by atoms with Crippen LogP contribution in [0.15, 0.2) is 42.5 Å². The molecule has 2 N–H and O–H groups in total. The monoisotopic (exact) mass is 267 g/mol. The minimum Gasteiger partial charge on any atom is -0.457 e. The van der Waals surface area contributed by atoms with E-state index >= 15 is 0 Å². The first-order chi connectivity index (χ1) is 9.70. The van der Waals surface area contributed by atoms with Gasteiger partial charge in [-0.1, -0.05) is 18.2 Å². The molecule has 3 rings (SSSR count). The normalized spacial score (nSPS) is 14.9. The summed E-state index contributed by atoms with van der Waals surface area (Å²) < 4.78 is 5.93. The molecule has 0 bridgehead atoms. The van der Waals surface area contributed by atoms with Crippen molar-refractivity contribution in [1.82, 2.24) is 0 Å². The maximum absolute atomic E-state index is 5.93. The van der Waals surface area contributed by atoms with Crippen molar-refractivity contribution in [1.29, 1.82) is 0 Å². The van der Waals surface area contributed by atoms with E-state index in [9.17, 15) is 0 Å². The second-order valence-electron chi connectivity index (χ2n) is 5.71. The molecule has 1 aliphatic carbocycles. The number of aryl methyl sites for hydroxylation is 2. The topological polar surface area (TPSA) is 35.2 Å². The highest BCUT2D eigenvalue weighted by Gasteiger charge is 2.11. The minimum atomic E-state index is 0.193. The lowest BCUT2D eigenvalue weighted by Crippen LogP contribution is -2.17. The Hall–Kier alpha value is -1.80. The van der Waals surface area contributed by atoms with Gasteiger partial charge in [-0.2, -0.15) is 0 Å². The van der Waals surface area contributed by atoms with E-state index in [1.807, 2.05) is 19.1 Å². The summed E-state index contributed by atoms with van der Waals surface area (Å²) >= 11 is 0. The highest BCUT2D eigenvalue weighted by molar-refractivity contribution is 5.41. The summed E-state index contributed by atoms with van der Waals surface area (Å²) in [7, 11) is 0. The Morgan fingerprint density at radius 1 is 1.00 bits per heavy atom. The summed E-state index contributed by atoms with van der Waals surface area (Å²) in [6, 6.07) is 14.9. The van der Waals surface area contributed by atoms with E-state index in [0.29, 0.717) is 0 Å². The van der Waals surface area contributed by atoms with Crippen molar-refractivity contribution in [2.45, 2.75) is 38.6 Å². The highest BCUT2D eigenvalue weighted by atomic mass is 16.5. The zero-order valence-corrected chi connectivity index (χ0v) is 11.9. The molecule has 2 aromatic rings. The van der Waals surface area contributed by atoms with E-state index in [-0.39, 0.29) is 6.04 Å². The van der Waals surface area contributed by atoms with Crippen molar-refractivity contribution in [2.24, 2.45) is 5.73 Å². The summed E-state index contributed by atoms with van der Waals surface area (Å²) in [5.74, 6) is 1.82. The number of hydrogen-bond acceptors (Lipinski definition) is 2. The van der Waals surface area contributed by atoms with Gasteiger partial charge in [0.1, 0.15) is 11.5 Å². The van der Waals surface area contributed by atoms with E-state index in [1.165, 1.54) is 36.0 Å². The first-order valence-electron chi connectivity index (χ1n) is 7.35. The quantitative estimate of drug-likeness (QED) is 0.913. The minimum absolute atomic E-state index is 0.193. The molecule has 0 saturated heterocycles. The SMILES string of the molecule is CC(N)Cc1ccc(Oc2ccc3c(c2)CCC3)cc1. The smallest absolute Gasteiger partial charge is 0.127 e. The number of ether oxygens (including phenoxy) is 1. The fourth-order valence-corrected chi connectivity index (χ4v) is 2.81. The predicted octanol–water partition coefficient (Wildman–Crippen LogP) is 3.86. The molecule has 0 aliphatic heterocycles. The zero-order chi connectivity index (χ0) is 13.9. The molecule has 1 atom stereocenters. The van der Waals surface area contributed by atoms with Crippen LogP contribution < -0.4 is 10.5 Å². The second-order valence-corrected chi connectivity index (χ2v) is 5.71. The van der Waals surface area contributed by atoms with E-state index in [2.05, 4.69) is 30.3 Å². The molecule has 20 heavy (non-hydrogen) atoms. The van der Waals surface area contributed by atoms with Gasteiger partial charge in [0.2, 0.25) is 0 Å². The summed E-state index contributed by atoms with van der Waals surface area (Å²) in [5.41, 5.74) is 9.98. The van der Waals surface area contributed by atoms with Crippen LogP contribution in [0.4, 0.5) is 0 Å². The van der Waals surface area contributed by atoms with Crippen LogP contribution in [0.3, 0.4) is 0 Å². The fraction of sp³-hybridized carbons (Fsp3) is 0.333. The molecule has 2 aromatic carbocycles. The molecule has 2 heteroatoms. The molecular formula is C18H21NO. The van der Waals surface area contributed by atoms with E-state index in [1.54, 1.807) is 0 Å². The summed E-state index contributed by atoms with van der Waals surface area (Å²) in [6.07, 6.45) is 4.56. The van der Waals surface area contributed by atoms with Crippen molar-refractivity contribution in [3.05, 3.63) is 59.2 Å². The lowest BCUT2D eigenvalue weighted by molar-refractivity contribution is 0.481. The molecule has 104 valence electrons. The Balaban J connectivity index is 1.71. The lowest BCUT2D eigenvalue weighted by atomic mass is 10.1. The van der Waals surface area contributed by atoms with Gasteiger partial charge in [-0.15, -0.1) is 0 Å². The molecule has 0 radical (unpaired) electrons. The van der Waals surface area contributed by atoms with E-state index in [4.69, 9.17) is 10.5 Å². The molecule has 0 saturated carbocycles. The number of nitrogens with two attached hydrogens (primary N) is 1. The maximum Gasteiger partial charge on any atom is 0.127 e. The summed E-state index contributed by atoms with van der Waals surface area (Å²) in [4.78, 5) is 0. The Bertz CT molecular complexity index is 587. The third-order valence-electron chi connectivity index (χ3n) is 3.79. The van der Waals surface area contributed by atoms with Crippen LogP contribution in [0.2, 0.25) is 0 Å². The lowest BCUT2D eigenvalue weighted by Gasteiger charge is -2.09. The largest absolute Gasteiger partial charge is 0.457 e. The molecule has 0 fully saturated rings. The zero-order valence-electron chi connectivity index (χ0n) is 11.9. The Morgan fingerprint density at radius 3 is 2.45 bits per heavy atom. The molecule has 1 aliphatic rings. The first-order valence-corrected chi connectivity index (χ1v) is 7.35. The molecule has 0 heterocycles. The summed E-state index contributed by atoms with van der Waals surface area (Å²) in [6.45, 7) is 2.02. The van der Waals surface area contributed by atoms with Crippen LogP contribution in [-0.2, 0) is 19.3 Å². The van der Waals surface area contributed by atoms with Gasteiger partial charge in [-0.05, 0) is 73.6 Å². The van der Waals surface area contributed by atoms with Gasteiger partial charge >= 0.3 is 0 Å². The standard InChI is InChI=1S/C18H21NO/c1-13(19)11-14-5-8-17(9-6-14)20-18-10-7-15-3-2-4-16(15)12-18/h5-10,12-13H,2-4,11,19H2,1H3. The predicted molar refractivity (Wildman–Crippen MR) is 82.3 cm³/mol. The molecule has 1 unspecified atom stereocenters. The number of rotatable bonds is 4. The van der Waals surface area contributed by atoms with Gasteiger partial charge in [0.25, 0.3) is 0 Å². The van der Waals surface area contributed by atoms with Crippen LogP contribution in [0.25, 0.3) is 0 Å². The van der Waals surface area contributed by atoms with Crippen LogP contribution >= 0.6 is 0 Å². The van der Waals surface area contributed by atoms with Crippen molar-refractivity contribution in [2.75, 3.05) is 0 Å². The maximum atomic E-state index is 5.93. The molecule has 2 nitrogen and oxygen atoms in total. The molecular weight excluding hydrogens is 246 g/mol. The fourth-order valence-electron chi connectivity index (χ4n) is 2.81. The number of benzene rings is 2. The third-order valence-corrected chi connectivity index (χ3v) is 3.79. The first kappa shape index (κ1) is 13.2. The Morgan fingerprint density at radius 2 is 1.70 bits per heavy atom. The van der Waals surface area contributed by atoms with Gasteiger partial charge < -0.3 is 10.5 Å². The van der Waals surface area contributed by atoms with Crippen LogP contribution in [0.5, 0.6) is 11.5 Å². The van der Waals surface area contributed by atoms with Gasteiger partial charge in [0, 0.05) is 6.04 Å². The van der Waals surface area contributed by atoms with Gasteiger partial charge in [-0.3, -0.25) is 0 Å². The third kappa shape index (κ3) is 3.02. The average molecular weight is 267 g/mol.